The highest BCUT2D eigenvalue weighted by molar-refractivity contribution is 5.79. The van der Waals surface area contributed by atoms with Gasteiger partial charge in [0.05, 0.1) is 6.10 Å². The summed E-state index contributed by atoms with van der Waals surface area (Å²) < 4.78 is 5.03. The smallest absolute Gasteiger partial charge is 0.407 e. The van der Waals surface area contributed by atoms with Crippen LogP contribution in [0.2, 0.25) is 0 Å². The highest BCUT2D eigenvalue weighted by atomic mass is 16.5. The summed E-state index contributed by atoms with van der Waals surface area (Å²) in [7, 11) is 0. The number of carbonyl (C=O) groups excluding carboxylic acids is 2. The molecule has 2 rings (SSSR count). The molecule has 2 atom stereocenters. The van der Waals surface area contributed by atoms with Gasteiger partial charge < -0.3 is 25.4 Å². The third-order valence-electron chi connectivity index (χ3n) is 3.83. The van der Waals surface area contributed by atoms with E-state index in [0.29, 0.717) is 6.29 Å². The molecule has 0 fully saturated rings. The summed E-state index contributed by atoms with van der Waals surface area (Å²) in [6.07, 6.45) is -2.89. The van der Waals surface area contributed by atoms with Crippen molar-refractivity contribution in [3.8, 4) is 5.75 Å². The van der Waals surface area contributed by atoms with Crippen LogP contribution in [0.1, 0.15) is 34.0 Å². The molecule has 0 aliphatic heterocycles. The predicted octanol–water partition coefficient (Wildman–Crippen LogP) is 1.92. The van der Waals surface area contributed by atoms with Crippen molar-refractivity contribution in [2.75, 3.05) is 6.54 Å². The maximum Gasteiger partial charge on any atom is 0.407 e. The average Bonchev–Trinajstić information content (AvgIpc) is 2.66. The summed E-state index contributed by atoms with van der Waals surface area (Å²) in [5.41, 5.74) is 0.896. The molecule has 7 nitrogen and oxygen atoms in total. The SMILES string of the molecule is O=Cc1cccc(O)c1C(O)C(O)CCNC(=O)OCc1ccccc1. The number of benzene rings is 2. The van der Waals surface area contributed by atoms with Crippen LogP contribution in [-0.4, -0.2) is 40.3 Å². The lowest BCUT2D eigenvalue weighted by Crippen LogP contribution is -2.30. The second-order valence-electron chi connectivity index (χ2n) is 5.69. The van der Waals surface area contributed by atoms with E-state index in [1.54, 1.807) is 0 Å². The van der Waals surface area contributed by atoms with Gasteiger partial charge in [0.1, 0.15) is 18.5 Å². The molecule has 0 heterocycles. The Labute approximate surface area is 150 Å². The van der Waals surface area contributed by atoms with Gasteiger partial charge in [-0.15, -0.1) is 0 Å². The third kappa shape index (κ3) is 5.30. The lowest BCUT2D eigenvalue weighted by atomic mass is 9.96. The number of alkyl carbamates (subject to hydrolysis) is 1. The molecular formula is C19H21NO6. The lowest BCUT2D eigenvalue weighted by molar-refractivity contribution is 0.0120. The predicted molar refractivity (Wildman–Crippen MR) is 93.7 cm³/mol. The lowest BCUT2D eigenvalue weighted by Gasteiger charge is -2.20. The summed E-state index contributed by atoms with van der Waals surface area (Å²) in [6.45, 7) is 0.175. The van der Waals surface area contributed by atoms with E-state index in [4.69, 9.17) is 4.74 Å². The van der Waals surface area contributed by atoms with Gasteiger partial charge in [0.2, 0.25) is 0 Å². The van der Waals surface area contributed by atoms with E-state index in [1.165, 1.54) is 18.2 Å². The Bertz CT molecular complexity index is 734. The zero-order valence-corrected chi connectivity index (χ0v) is 14.0. The largest absolute Gasteiger partial charge is 0.508 e. The number of phenols is 1. The summed E-state index contributed by atoms with van der Waals surface area (Å²) in [5.74, 6) is -0.281. The van der Waals surface area contributed by atoms with Crippen LogP contribution in [0, 0.1) is 0 Å². The second-order valence-corrected chi connectivity index (χ2v) is 5.69. The molecule has 0 saturated heterocycles. The van der Waals surface area contributed by atoms with E-state index in [2.05, 4.69) is 5.32 Å². The number of aliphatic hydroxyl groups is 2. The van der Waals surface area contributed by atoms with E-state index in [-0.39, 0.29) is 36.4 Å². The number of rotatable bonds is 8. The number of carbonyl (C=O) groups is 2. The number of aldehydes is 1. The molecule has 0 radical (unpaired) electrons. The Kier molecular flexibility index (Phi) is 7.13. The van der Waals surface area contributed by atoms with Crippen molar-refractivity contribution in [2.24, 2.45) is 0 Å². The van der Waals surface area contributed by atoms with Crippen LogP contribution in [-0.2, 0) is 11.3 Å². The Hall–Kier alpha value is -2.90. The van der Waals surface area contributed by atoms with E-state index in [0.717, 1.165) is 5.56 Å². The fourth-order valence-electron chi connectivity index (χ4n) is 2.44. The quantitative estimate of drug-likeness (QED) is 0.535. The van der Waals surface area contributed by atoms with E-state index in [1.807, 2.05) is 30.3 Å². The number of hydrogen-bond donors (Lipinski definition) is 4. The van der Waals surface area contributed by atoms with Gasteiger partial charge in [-0.1, -0.05) is 42.5 Å². The van der Waals surface area contributed by atoms with Crippen LogP contribution < -0.4 is 5.32 Å². The summed E-state index contributed by atoms with van der Waals surface area (Å²) in [5, 5.41) is 32.5. The number of phenolic OH excluding ortho intramolecular Hbond substituents is 1. The first-order valence-corrected chi connectivity index (χ1v) is 8.10. The summed E-state index contributed by atoms with van der Waals surface area (Å²) in [4.78, 5) is 22.6. The molecule has 7 heteroatoms. The highest BCUT2D eigenvalue weighted by Crippen LogP contribution is 2.29. The molecule has 0 bridgehead atoms. The van der Waals surface area contributed by atoms with Crippen molar-refractivity contribution in [3.63, 3.8) is 0 Å². The summed E-state index contributed by atoms with van der Waals surface area (Å²) in [6, 6.07) is 13.4. The number of ether oxygens (including phenoxy) is 1. The molecule has 0 aliphatic carbocycles. The number of nitrogens with one attached hydrogen (secondary N) is 1. The molecule has 0 saturated carbocycles. The maximum absolute atomic E-state index is 11.6. The number of aliphatic hydroxyl groups excluding tert-OH is 2. The van der Waals surface area contributed by atoms with Crippen LogP contribution in [0.25, 0.3) is 0 Å². The van der Waals surface area contributed by atoms with Gasteiger partial charge in [0, 0.05) is 17.7 Å². The van der Waals surface area contributed by atoms with Crippen molar-refractivity contribution in [1.82, 2.24) is 5.32 Å². The number of aromatic hydroxyl groups is 1. The first kappa shape index (κ1) is 19.4. The first-order valence-electron chi connectivity index (χ1n) is 8.10. The molecule has 2 unspecified atom stereocenters. The number of hydrogen-bond acceptors (Lipinski definition) is 6. The van der Waals surface area contributed by atoms with Crippen molar-refractivity contribution in [3.05, 3.63) is 65.2 Å². The van der Waals surface area contributed by atoms with Gasteiger partial charge >= 0.3 is 6.09 Å². The van der Waals surface area contributed by atoms with Crippen LogP contribution in [0.3, 0.4) is 0 Å². The van der Waals surface area contributed by atoms with Crippen molar-refractivity contribution >= 4 is 12.4 Å². The molecule has 0 aromatic heterocycles. The average molecular weight is 359 g/mol. The molecule has 0 spiro atoms. The fraction of sp³-hybridized carbons (Fsp3) is 0.263. The molecule has 0 aliphatic rings. The van der Waals surface area contributed by atoms with E-state index >= 15 is 0 Å². The Morgan fingerprint density at radius 3 is 2.54 bits per heavy atom. The fourth-order valence-corrected chi connectivity index (χ4v) is 2.44. The second kappa shape index (κ2) is 9.55. The first-order chi connectivity index (χ1) is 12.5. The molecule has 26 heavy (non-hydrogen) atoms. The topological polar surface area (TPSA) is 116 Å². The van der Waals surface area contributed by atoms with Gasteiger partial charge in [-0.25, -0.2) is 4.79 Å². The molecule has 4 N–H and O–H groups in total. The van der Waals surface area contributed by atoms with Crippen LogP contribution >= 0.6 is 0 Å². The van der Waals surface area contributed by atoms with Crippen LogP contribution in [0.5, 0.6) is 5.75 Å². The van der Waals surface area contributed by atoms with Gasteiger partial charge in [0.15, 0.2) is 6.29 Å². The Morgan fingerprint density at radius 2 is 1.85 bits per heavy atom. The number of amides is 1. The highest BCUT2D eigenvalue weighted by Gasteiger charge is 2.24. The normalized spacial score (nSPS) is 12.8. The van der Waals surface area contributed by atoms with Crippen molar-refractivity contribution < 1.29 is 29.6 Å². The van der Waals surface area contributed by atoms with Gasteiger partial charge in [-0.3, -0.25) is 4.79 Å². The third-order valence-corrected chi connectivity index (χ3v) is 3.83. The molecule has 2 aromatic carbocycles. The maximum atomic E-state index is 11.6. The van der Waals surface area contributed by atoms with Crippen LogP contribution in [0.4, 0.5) is 4.79 Å². The zero-order valence-electron chi connectivity index (χ0n) is 14.0. The molecule has 138 valence electrons. The van der Waals surface area contributed by atoms with Gasteiger partial charge in [-0.2, -0.15) is 0 Å². The summed E-state index contributed by atoms with van der Waals surface area (Å²) >= 11 is 0. The molecule has 2 aromatic rings. The Balaban J connectivity index is 1.80. The van der Waals surface area contributed by atoms with Crippen LogP contribution in [0.15, 0.2) is 48.5 Å². The van der Waals surface area contributed by atoms with Crippen molar-refractivity contribution in [1.29, 1.82) is 0 Å². The van der Waals surface area contributed by atoms with Gasteiger partial charge in [-0.05, 0) is 18.1 Å². The molecule has 1 amide bonds. The standard InChI is InChI=1S/C19H21NO6/c21-11-14-7-4-8-15(22)17(14)18(24)16(23)9-10-20-19(25)26-12-13-5-2-1-3-6-13/h1-8,11,16,18,22-24H,9-10,12H2,(H,20,25). The van der Waals surface area contributed by atoms with E-state index < -0.39 is 18.3 Å². The minimum atomic E-state index is -1.46. The minimum Gasteiger partial charge on any atom is -0.508 e. The zero-order chi connectivity index (χ0) is 18.9. The van der Waals surface area contributed by atoms with E-state index in [9.17, 15) is 24.9 Å². The Morgan fingerprint density at radius 1 is 1.12 bits per heavy atom. The van der Waals surface area contributed by atoms with Gasteiger partial charge in [0.25, 0.3) is 0 Å². The minimum absolute atomic E-state index is 0.00817. The molecular weight excluding hydrogens is 338 g/mol. The van der Waals surface area contributed by atoms with Crippen molar-refractivity contribution in [2.45, 2.75) is 25.2 Å². The monoisotopic (exact) mass is 359 g/mol.